The first kappa shape index (κ1) is 11.1. The molecule has 0 aliphatic heterocycles. The van der Waals surface area contributed by atoms with Crippen LogP contribution in [0.25, 0.3) is 0 Å². The molecule has 1 aliphatic carbocycles. The molecule has 6 heteroatoms. The molecule has 1 aromatic rings. The smallest absolute Gasteiger partial charge is 0.321 e. The molecule has 0 radical (unpaired) electrons. The van der Waals surface area contributed by atoms with Gasteiger partial charge in [-0.1, -0.05) is 5.16 Å². The SMILES string of the molecule is COCCc1noc(C2(C(=O)OC)CC2)n1. The number of rotatable bonds is 5. The molecule has 2 rings (SSSR count). The molecule has 1 fully saturated rings. The monoisotopic (exact) mass is 226 g/mol. The van der Waals surface area contributed by atoms with Gasteiger partial charge < -0.3 is 14.0 Å². The maximum Gasteiger partial charge on any atom is 0.321 e. The number of ether oxygens (including phenoxy) is 2. The summed E-state index contributed by atoms with van der Waals surface area (Å²) in [6.45, 7) is 0.532. The molecule has 0 atom stereocenters. The van der Waals surface area contributed by atoms with Crippen LogP contribution >= 0.6 is 0 Å². The van der Waals surface area contributed by atoms with Crippen molar-refractivity contribution in [3.8, 4) is 0 Å². The Morgan fingerprint density at radius 3 is 2.81 bits per heavy atom. The summed E-state index contributed by atoms with van der Waals surface area (Å²) in [5.74, 6) is 0.631. The van der Waals surface area contributed by atoms with Gasteiger partial charge in [-0.2, -0.15) is 4.98 Å². The quantitative estimate of drug-likeness (QED) is 0.679. The number of aromatic nitrogens is 2. The third kappa shape index (κ3) is 1.80. The Labute approximate surface area is 92.9 Å². The van der Waals surface area contributed by atoms with Crippen molar-refractivity contribution >= 4 is 5.97 Å². The Bertz CT molecular complexity index is 384. The molecule has 16 heavy (non-hydrogen) atoms. The third-order valence-electron chi connectivity index (χ3n) is 2.73. The molecule has 1 aromatic heterocycles. The maximum absolute atomic E-state index is 11.5. The van der Waals surface area contributed by atoms with Crippen LogP contribution in [0.5, 0.6) is 0 Å². The van der Waals surface area contributed by atoms with Gasteiger partial charge >= 0.3 is 5.97 Å². The zero-order chi connectivity index (χ0) is 11.6. The summed E-state index contributed by atoms with van der Waals surface area (Å²) in [6, 6.07) is 0. The summed E-state index contributed by atoms with van der Waals surface area (Å²) in [5, 5.41) is 3.80. The first-order chi connectivity index (χ1) is 7.73. The number of hydrogen-bond donors (Lipinski definition) is 0. The lowest BCUT2D eigenvalue weighted by Crippen LogP contribution is -2.22. The van der Waals surface area contributed by atoms with E-state index >= 15 is 0 Å². The highest BCUT2D eigenvalue weighted by Gasteiger charge is 2.57. The standard InChI is InChI=1S/C10H14N2O4/c1-14-6-3-7-11-8(16-12-7)10(4-5-10)9(13)15-2/h3-6H2,1-2H3. The first-order valence-corrected chi connectivity index (χ1v) is 5.13. The van der Waals surface area contributed by atoms with Crippen LogP contribution < -0.4 is 0 Å². The van der Waals surface area contributed by atoms with E-state index in [1.165, 1.54) is 7.11 Å². The van der Waals surface area contributed by atoms with Crippen molar-refractivity contribution in [2.24, 2.45) is 0 Å². The first-order valence-electron chi connectivity index (χ1n) is 5.13. The van der Waals surface area contributed by atoms with Gasteiger partial charge in [0.05, 0.1) is 13.7 Å². The normalized spacial score (nSPS) is 17.1. The minimum absolute atomic E-state index is 0.297. The summed E-state index contributed by atoms with van der Waals surface area (Å²) < 4.78 is 14.7. The summed E-state index contributed by atoms with van der Waals surface area (Å²) >= 11 is 0. The van der Waals surface area contributed by atoms with Crippen LogP contribution in [0.15, 0.2) is 4.52 Å². The van der Waals surface area contributed by atoms with Crippen molar-refractivity contribution in [1.29, 1.82) is 0 Å². The summed E-state index contributed by atoms with van der Waals surface area (Å²) in [5.41, 5.74) is -0.674. The lowest BCUT2D eigenvalue weighted by Gasteiger charge is -2.05. The molecule has 0 aromatic carbocycles. The number of hydrogen-bond acceptors (Lipinski definition) is 6. The van der Waals surface area contributed by atoms with E-state index in [-0.39, 0.29) is 5.97 Å². The molecule has 1 saturated carbocycles. The highest BCUT2D eigenvalue weighted by molar-refractivity contribution is 5.85. The second-order valence-corrected chi connectivity index (χ2v) is 3.83. The molecule has 0 amide bonds. The predicted molar refractivity (Wildman–Crippen MR) is 52.8 cm³/mol. The molecule has 1 heterocycles. The average molecular weight is 226 g/mol. The van der Waals surface area contributed by atoms with E-state index in [9.17, 15) is 4.79 Å². The fourth-order valence-electron chi connectivity index (χ4n) is 1.57. The van der Waals surface area contributed by atoms with Crippen LogP contribution in [0, 0.1) is 0 Å². The zero-order valence-electron chi connectivity index (χ0n) is 9.36. The van der Waals surface area contributed by atoms with Gasteiger partial charge in [0.15, 0.2) is 5.82 Å². The van der Waals surface area contributed by atoms with Gasteiger partial charge in [0.25, 0.3) is 0 Å². The lowest BCUT2D eigenvalue weighted by atomic mass is 10.1. The van der Waals surface area contributed by atoms with Gasteiger partial charge in [-0.05, 0) is 12.8 Å². The molecule has 0 saturated heterocycles. The van der Waals surface area contributed by atoms with Crippen LogP contribution in [0.4, 0.5) is 0 Å². The van der Waals surface area contributed by atoms with Crippen molar-refractivity contribution in [2.75, 3.05) is 20.8 Å². The maximum atomic E-state index is 11.5. The summed E-state index contributed by atoms with van der Waals surface area (Å²) in [7, 11) is 2.97. The molecule has 0 unspecified atom stereocenters. The Balaban J connectivity index is 2.10. The summed E-state index contributed by atoms with van der Waals surface area (Å²) in [4.78, 5) is 15.7. The van der Waals surface area contributed by atoms with Gasteiger partial charge in [-0.15, -0.1) is 0 Å². The van der Waals surface area contributed by atoms with Crippen molar-refractivity contribution < 1.29 is 18.8 Å². The molecule has 88 valence electrons. The molecule has 0 spiro atoms. The molecule has 0 N–H and O–H groups in total. The van der Waals surface area contributed by atoms with Crippen LogP contribution in [-0.2, 0) is 26.1 Å². The van der Waals surface area contributed by atoms with E-state index in [0.717, 1.165) is 0 Å². The third-order valence-corrected chi connectivity index (χ3v) is 2.73. The van der Waals surface area contributed by atoms with Gasteiger partial charge in [-0.3, -0.25) is 4.79 Å². The fourth-order valence-corrected chi connectivity index (χ4v) is 1.57. The minimum atomic E-state index is -0.674. The summed E-state index contributed by atoms with van der Waals surface area (Å²) in [6.07, 6.45) is 2.01. The van der Waals surface area contributed by atoms with Gasteiger partial charge in [-0.25, -0.2) is 0 Å². The number of carbonyl (C=O) groups is 1. The van der Waals surface area contributed by atoms with Crippen LogP contribution in [-0.4, -0.2) is 36.9 Å². The van der Waals surface area contributed by atoms with Crippen molar-refractivity contribution in [2.45, 2.75) is 24.7 Å². The number of nitrogens with zero attached hydrogens (tertiary/aromatic N) is 2. The van der Waals surface area contributed by atoms with E-state index < -0.39 is 5.41 Å². The number of esters is 1. The molecule has 0 bridgehead atoms. The van der Waals surface area contributed by atoms with Crippen LogP contribution in [0.3, 0.4) is 0 Å². The zero-order valence-corrected chi connectivity index (χ0v) is 9.36. The van der Waals surface area contributed by atoms with E-state index in [4.69, 9.17) is 14.0 Å². The minimum Gasteiger partial charge on any atom is -0.468 e. The molecular formula is C10H14N2O4. The highest BCUT2D eigenvalue weighted by atomic mass is 16.5. The Morgan fingerprint density at radius 1 is 1.50 bits per heavy atom. The van der Waals surface area contributed by atoms with E-state index in [1.54, 1.807) is 7.11 Å². The Hall–Kier alpha value is -1.43. The largest absolute Gasteiger partial charge is 0.468 e. The average Bonchev–Trinajstić information content (AvgIpc) is 2.99. The molecule has 6 nitrogen and oxygen atoms in total. The fraction of sp³-hybridized carbons (Fsp3) is 0.700. The molecule has 1 aliphatic rings. The second-order valence-electron chi connectivity index (χ2n) is 3.83. The van der Waals surface area contributed by atoms with E-state index in [2.05, 4.69) is 10.1 Å². The number of methoxy groups -OCH3 is 2. The van der Waals surface area contributed by atoms with Gasteiger partial charge in [0.1, 0.15) is 5.41 Å². The second kappa shape index (κ2) is 4.21. The highest BCUT2D eigenvalue weighted by Crippen LogP contribution is 2.48. The van der Waals surface area contributed by atoms with Crippen LogP contribution in [0.2, 0.25) is 0 Å². The van der Waals surface area contributed by atoms with Crippen molar-refractivity contribution in [3.63, 3.8) is 0 Å². The Kier molecular flexibility index (Phi) is 2.91. The van der Waals surface area contributed by atoms with Crippen LogP contribution in [0.1, 0.15) is 24.6 Å². The van der Waals surface area contributed by atoms with E-state index in [0.29, 0.717) is 37.6 Å². The number of carbonyl (C=O) groups excluding carboxylic acids is 1. The predicted octanol–water partition coefficient (Wildman–Crippen LogP) is 0.463. The topological polar surface area (TPSA) is 74.5 Å². The Morgan fingerprint density at radius 2 is 2.25 bits per heavy atom. The van der Waals surface area contributed by atoms with Gasteiger partial charge in [0.2, 0.25) is 5.89 Å². The van der Waals surface area contributed by atoms with Crippen molar-refractivity contribution in [1.82, 2.24) is 10.1 Å². The lowest BCUT2D eigenvalue weighted by molar-refractivity contribution is -0.144. The van der Waals surface area contributed by atoms with E-state index in [1.807, 2.05) is 0 Å². The molecular weight excluding hydrogens is 212 g/mol. The van der Waals surface area contributed by atoms with Gasteiger partial charge in [0, 0.05) is 13.5 Å². The van der Waals surface area contributed by atoms with Crippen molar-refractivity contribution in [3.05, 3.63) is 11.7 Å².